The first-order chi connectivity index (χ1) is 11.2. The number of rotatable bonds is 14. The predicted octanol–water partition coefficient (Wildman–Crippen LogP) is 4.99. The van der Waals surface area contributed by atoms with Gasteiger partial charge in [-0.15, -0.1) is 0 Å². The van der Waals surface area contributed by atoms with Gasteiger partial charge >= 0.3 is 0 Å². The van der Waals surface area contributed by atoms with Crippen LogP contribution in [0, 0.1) is 0 Å². The molecule has 3 N–H and O–H groups in total. The molecule has 0 unspecified atom stereocenters. The van der Waals surface area contributed by atoms with E-state index in [4.69, 9.17) is 5.73 Å². The van der Waals surface area contributed by atoms with Crippen molar-refractivity contribution in [2.75, 3.05) is 5.73 Å². The van der Waals surface area contributed by atoms with Crippen molar-refractivity contribution in [3.05, 3.63) is 22.1 Å². The number of nitrogens with one attached hydrogen (secondary N) is 1. The van der Waals surface area contributed by atoms with Gasteiger partial charge in [0.25, 0.3) is 5.56 Å². The first kappa shape index (κ1) is 19.7. The van der Waals surface area contributed by atoms with Gasteiger partial charge in [-0.1, -0.05) is 84.0 Å². The molecule has 1 aromatic heterocycles. The van der Waals surface area contributed by atoms with E-state index in [1.165, 1.54) is 77.0 Å². The molecule has 4 nitrogen and oxygen atoms in total. The van der Waals surface area contributed by atoms with Crippen molar-refractivity contribution >= 4 is 5.95 Å². The Bertz CT molecular complexity index is 456. The Morgan fingerprint density at radius 3 is 1.83 bits per heavy atom. The van der Waals surface area contributed by atoms with Crippen LogP contribution in [0.3, 0.4) is 0 Å². The van der Waals surface area contributed by atoms with Crippen molar-refractivity contribution in [2.24, 2.45) is 0 Å². The van der Waals surface area contributed by atoms with E-state index in [-0.39, 0.29) is 11.5 Å². The third-order valence-electron chi connectivity index (χ3n) is 4.37. The molecule has 0 aromatic carbocycles. The van der Waals surface area contributed by atoms with Crippen LogP contribution >= 0.6 is 0 Å². The predicted molar refractivity (Wildman–Crippen MR) is 98.7 cm³/mol. The molecule has 1 aromatic rings. The minimum absolute atomic E-state index is 0.224. The Hall–Kier alpha value is -1.32. The Labute approximate surface area is 141 Å². The number of nitrogens with two attached hydrogens (primary N) is 1. The average Bonchev–Trinajstić information content (AvgIpc) is 2.51. The first-order valence-electron chi connectivity index (χ1n) is 9.58. The van der Waals surface area contributed by atoms with Crippen molar-refractivity contribution in [1.82, 2.24) is 9.97 Å². The van der Waals surface area contributed by atoms with Gasteiger partial charge in [0.05, 0.1) is 0 Å². The van der Waals surface area contributed by atoms with Gasteiger partial charge in [-0.2, -0.15) is 4.98 Å². The number of aromatic amines is 1. The number of hydrogen-bond acceptors (Lipinski definition) is 3. The van der Waals surface area contributed by atoms with Crippen molar-refractivity contribution in [2.45, 2.75) is 96.8 Å². The molecule has 0 amide bonds. The number of unbranched alkanes of at least 4 members (excludes halogenated alkanes) is 12. The van der Waals surface area contributed by atoms with E-state index in [0.717, 1.165) is 18.5 Å². The monoisotopic (exact) mass is 321 g/mol. The molecule has 1 heterocycles. The maximum absolute atomic E-state index is 11.2. The highest BCUT2D eigenvalue weighted by atomic mass is 16.1. The highest BCUT2D eigenvalue weighted by Crippen LogP contribution is 2.13. The molecule has 0 saturated heterocycles. The molecule has 4 heteroatoms. The Kier molecular flexibility index (Phi) is 11.3. The number of aromatic nitrogens is 2. The van der Waals surface area contributed by atoms with E-state index >= 15 is 0 Å². The van der Waals surface area contributed by atoms with Gasteiger partial charge < -0.3 is 10.7 Å². The smallest absolute Gasteiger partial charge is 0.274 e. The van der Waals surface area contributed by atoms with Crippen molar-refractivity contribution in [1.29, 1.82) is 0 Å². The molecule has 0 spiro atoms. The summed E-state index contributed by atoms with van der Waals surface area (Å²) >= 11 is 0. The lowest BCUT2D eigenvalue weighted by molar-refractivity contribution is 0.539. The van der Waals surface area contributed by atoms with Crippen LogP contribution in [0.5, 0.6) is 0 Å². The van der Waals surface area contributed by atoms with Crippen LogP contribution in [0.4, 0.5) is 5.95 Å². The van der Waals surface area contributed by atoms with E-state index in [1.54, 1.807) is 6.07 Å². The van der Waals surface area contributed by atoms with Crippen LogP contribution in [0.25, 0.3) is 0 Å². The van der Waals surface area contributed by atoms with Gasteiger partial charge in [0, 0.05) is 11.8 Å². The minimum atomic E-state index is -0.244. The lowest BCUT2D eigenvalue weighted by atomic mass is 10.0. The highest BCUT2D eigenvalue weighted by molar-refractivity contribution is 5.17. The molecule has 0 atom stereocenters. The summed E-state index contributed by atoms with van der Waals surface area (Å²) in [5.74, 6) is 0.224. The normalized spacial score (nSPS) is 11.0. The highest BCUT2D eigenvalue weighted by Gasteiger charge is 1.98. The Morgan fingerprint density at radius 1 is 0.870 bits per heavy atom. The van der Waals surface area contributed by atoms with Crippen LogP contribution in [-0.2, 0) is 6.42 Å². The van der Waals surface area contributed by atoms with Crippen molar-refractivity contribution in [3.8, 4) is 0 Å². The van der Waals surface area contributed by atoms with Gasteiger partial charge in [-0.25, -0.2) is 0 Å². The molecule has 0 bridgehead atoms. The van der Waals surface area contributed by atoms with Crippen LogP contribution in [0.15, 0.2) is 10.9 Å². The number of hydrogen-bond donors (Lipinski definition) is 2. The lowest BCUT2D eigenvalue weighted by Crippen LogP contribution is -2.11. The maximum atomic E-state index is 11.2. The second-order valence-electron chi connectivity index (χ2n) is 6.62. The van der Waals surface area contributed by atoms with Crippen LogP contribution in [-0.4, -0.2) is 9.97 Å². The molecular formula is C19H35N3O. The number of anilines is 1. The fourth-order valence-electron chi connectivity index (χ4n) is 3.00. The van der Waals surface area contributed by atoms with Crippen LogP contribution in [0.2, 0.25) is 0 Å². The quantitative estimate of drug-likeness (QED) is 0.474. The fourth-order valence-corrected chi connectivity index (χ4v) is 3.00. The van der Waals surface area contributed by atoms with E-state index in [2.05, 4.69) is 16.9 Å². The second-order valence-corrected chi connectivity index (χ2v) is 6.62. The molecule has 0 fully saturated rings. The first-order valence-corrected chi connectivity index (χ1v) is 9.58. The molecule has 23 heavy (non-hydrogen) atoms. The zero-order chi connectivity index (χ0) is 16.8. The molecule has 132 valence electrons. The largest absolute Gasteiger partial charge is 0.369 e. The number of aryl methyl sites for hydroxylation is 1. The summed E-state index contributed by atoms with van der Waals surface area (Å²) in [5, 5.41) is 0. The number of nitrogens with zero attached hydrogens (tertiary/aromatic N) is 1. The SMILES string of the molecule is CCCCCCCCCCCCCCCc1cc(=O)nc(N)[nH]1. The molecule has 1 rings (SSSR count). The summed E-state index contributed by atoms with van der Waals surface area (Å²) in [5.41, 5.74) is 6.20. The van der Waals surface area contributed by atoms with Crippen molar-refractivity contribution < 1.29 is 0 Å². The van der Waals surface area contributed by atoms with E-state index in [0.29, 0.717) is 0 Å². The molecule has 0 aliphatic heterocycles. The Balaban J connectivity index is 1.87. The molecule has 0 radical (unpaired) electrons. The van der Waals surface area contributed by atoms with Crippen molar-refractivity contribution in [3.63, 3.8) is 0 Å². The van der Waals surface area contributed by atoms with Crippen LogP contribution < -0.4 is 11.3 Å². The zero-order valence-electron chi connectivity index (χ0n) is 14.9. The maximum Gasteiger partial charge on any atom is 0.274 e. The van der Waals surface area contributed by atoms with E-state index in [9.17, 15) is 4.79 Å². The average molecular weight is 322 g/mol. The summed E-state index contributed by atoms with van der Waals surface area (Å²) in [7, 11) is 0. The molecule has 0 saturated carbocycles. The summed E-state index contributed by atoms with van der Waals surface area (Å²) < 4.78 is 0. The van der Waals surface area contributed by atoms with E-state index < -0.39 is 0 Å². The standard InChI is InChI=1S/C19H35N3O/c1-2-3-4-5-6-7-8-9-10-11-12-13-14-15-17-16-18(23)22-19(20)21-17/h16H,2-15H2,1H3,(H3,20,21,22,23). The molecule has 0 aliphatic rings. The fraction of sp³-hybridized carbons (Fsp3) is 0.789. The van der Waals surface area contributed by atoms with Gasteiger partial charge in [0.2, 0.25) is 5.95 Å². The topological polar surface area (TPSA) is 71.8 Å². The van der Waals surface area contributed by atoms with Gasteiger partial charge in [0.15, 0.2) is 0 Å². The van der Waals surface area contributed by atoms with Crippen LogP contribution in [0.1, 0.15) is 96.1 Å². The summed E-state index contributed by atoms with van der Waals surface area (Å²) in [6, 6.07) is 1.55. The van der Waals surface area contributed by atoms with Gasteiger partial charge in [0.1, 0.15) is 0 Å². The minimum Gasteiger partial charge on any atom is -0.369 e. The second kappa shape index (κ2) is 13.1. The molecular weight excluding hydrogens is 286 g/mol. The zero-order valence-corrected chi connectivity index (χ0v) is 14.9. The third kappa shape index (κ3) is 10.9. The van der Waals surface area contributed by atoms with E-state index in [1.807, 2.05) is 0 Å². The Morgan fingerprint density at radius 2 is 1.35 bits per heavy atom. The third-order valence-corrected chi connectivity index (χ3v) is 4.37. The summed E-state index contributed by atoms with van der Waals surface area (Å²) in [4.78, 5) is 17.8. The number of H-pyrrole nitrogens is 1. The van der Waals surface area contributed by atoms with Gasteiger partial charge in [-0.05, 0) is 12.8 Å². The summed E-state index contributed by atoms with van der Waals surface area (Å²) in [6.45, 7) is 2.27. The lowest BCUT2D eigenvalue weighted by Gasteiger charge is -2.04. The van der Waals surface area contributed by atoms with Gasteiger partial charge in [-0.3, -0.25) is 4.79 Å². The number of nitrogen functional groups attached to an aromatic ring is 1. The molecule has 0 aliphatic carbocycles. The summed E-state index contributed by atoms with van der Waals surface area (Å²) in [6.07, 6.45) is 18.4.